The highest BCUT2D eigenvalue weighted by Gasteiger charge is 2.27. The molecule has 8 nitrogen and oxygen atoms in total. The third kappa shape index (κ3) is 5.77. The van der Waals surface area contributed by atoms with Crippen LogP contribution in [-0.2, 0) is 23.1 Å². The number of amides is 1. The summed E-state index contributed by atoms with van der Waals surface area (Å²) in [5, 5.41) is 0. The number of rotatable bonds is 7. The molecule has 1 aliphatic rings. The Hall–Kier alpha value is -4.89. The van der Waals surface area contributed by atoms with Crippen LogP contribution >= 0.6 is 0 Å². The van der Waals surface area contributed by atoms with Gasteiger partial charge in [0.2, 0.25) is 0 Å². The lowest BCUT2D eigenvalue weighted by Crippen LogP contribution is -2.35. The second kappa shape index (κ2) is 11.5. The number of carbonyl (C=O) groups excluding carboxylic acids is 1. The molecule has 6 rings (SSSR count). The van der Waals surface area contributed by atoms with Crippen LogP contribution < -0.4 is 9.62 Å². The summed E-state index contributed by atoms with van der Waals surface area (Å²) in [6.45, 7) is 3.92. The number of nitrogens with zero attached hydrogens (tertiary/aromatic N) is 3. The maximum Gasteiger partial charge on any atom is 0.261 e. The molecular weight excluding hydrogens is 546 g/mol. The van der Waals surface area contributed by atoms with E-state index in [2.05, 4.69) is 49.9 Å². The summed E-state index contributed by atoms with van der Waals surface area (Å²) in [5.74, 6) is -0.241. The van der Waals surface area contributed by atoms with Gasteiger partial charge in [-0.1, -0.05) is 66.2 Å². The zero-order valence-electron chi connectivity index (χ0n) is 23.2. The smallest absolute Gasteiger partial charge is 0.261 e. The van der Waals surface area contributed by atoms with Gasteiger partial charge in [0.15, 0.2) is 0 Å². The molecular formula is C33H31N5O3S. The number of nitrogens with one attached hydrogen (secondary N) is 2. The lowest BCUT2D eigenvalue weighted by atomic mass is 10.0. The Kier molecular flexibility index (Phi) is 7.50. The summed E-state index contributed by atoms with van der Waals surface area (Å²) in [4.78, 5) is 25.7. The molecule has 5 aromatic rings. The summed E-state index contributed by atoms with van der Waals surface area (Å²) in [7, 11) is -3.89. The van der Waals surface area contributed by atoms with E-state index in [9.17, 15) is 13.2 Å². The topological polar surface area (TPSA) is 98.4 Å². The number of benzene rings is 4. The molecule has 0 aliphatic carbocycles. The lowest BCUT2D eigenvalue weighted by molar-refractivity contribution is 0.0752. The first-order valence-corrected chi connectivity index (χ1v) is 15.2. The van der Waals surface area contributed by atoms with E-state index in [-0.39, 0.29) is 16.5 Å². The molecule has 0 atom stereocenters. The molecule has 0 bridgehead atoms. The third-order valence-corrected chi connectivity index (χ3v) is 8.84. The average molecular weight is 578 g/mol. The lowest BCUT2D eigenvalue weighted by Gasteiger charge is -2.24. The number of sulfonamides is 1. The fourth-order valence-electron chi connectivity index (χ4n) is 5.24. The molecule has 2 N–H and O–H groups in total. The Morgan fingerprint density at radius 2 is 1.67 bits per heavy atom. The van der Waals surface area contributed by atoms with Crippen molar-refractivity contribution in [2.75, 3.05) is 22.7 Å². The van der Waals surface area contributed by atoms with E-state index in [1.165, 1.54) is 0 Å². The Morgan fingerprint density at radius 1 is 0.905 bits per heavy atom. The molecule has 0 fully saturated rings. The number of H-pyrrole nitrogens is 1. The predicted molar refractivity (Wildman–Crippen MR) is 165 cm³/mol. The largest absolute Gasteiger partial charge is 0.364 e. The van der Waals surface area contributed by atoms with Crippen LogP contribution in [0.15, 0.2) is 114 Å². The van der Waals surface area contributed by atoms with Gasteiger partial charge in [-0.25, -0.2) is 13.4 Å². The van der Waals surface area contributed by atoms with Crippen LogP contribution in [0, 0.1) is 6.92 Å². The molecule has 4 aromatic carbocycles. The van der Waals surface area contributed by atoms with Crippen molar-refractivity contribution in [3.63, 3.8) is 0 Å². The number of aromatic amines is 1. The van der Waals surface area contributed by atoms with Gasteiger partial charge in [0.05, 0.1) is 34.7 Å². The molecule has 1 aromatic heterocycles. The van der Waals surface area contributed by atoms with Gasteiger partial charge in [-0.15, -0.1) is 0 Å². The molecule has 1 amide bonds. The van der Waals surface area contributed by atoms with E-state index in [0.29, 0.717) is 31.7 Å². The number of fused-ring (bicyclic) bond motifs is 1. The van der Waals surface area contributed by atoms with Crippen molar-refractivity contribution in [2.24, 2.45) is 0 Å². The van der Waals surface area contributed by atoms with Gasteiger partial charge in [0, 0.05) is 31.5 Å². The van der Waals surface area contributed by atoms with Crippen molar-refractivity contribution in [3.8, 4) is 11.1 Å². The van der Waals surface area contributed by atoms with E-state index in [1.807, 2.05) is 31.3 Å². The normalized spacial score (nSPS) is 13.4. The van der Waals surface area contributed by atoms with Crippen molar-refractivity contribution < 1.29 is 13.2 Å². The minimum atomic E-state index is -3.89. The molecule has 0 saturated carbocycles. The first kappa shape index (κ1) is 27.3. The van der Waals surface area contributed by atoms with Gasteiger partial charge < -0.3 is 14.8 Å². The number of anilines is 2. The van der Waals surface area contributed by atoms with Gasteiger partial charge in [0.1, 0.15) is 0 Å². The molecule has 2 heterocycles. The van der Waals surface area contributed by atoms with Gasteiger partial charge in [-0.05, 0) is 60.0 Å². The quantitative estimate of drug-likeness (QED) is 0.253. The Bertz CT molecular complexity index is 1800. The molecule has 212 valence electrons. The van der Waals surface area contributed by atoms with Crippen LogP contribution in [0.4, 0.5) is 11.4 Å². The Labute approximate surface area is 245 Å². The van der Waals surface area contributed by atoms with Gasteiger partial charge in [-0.3, -0.25) is 9.52 Å². The van der Waals surface area contributed by atoms with Crippen molar-refractivity contribution in [1.82, 2.24) is 14.9 Å². The highest BCUT2D eigenvalue weighted by Crippen LogP contribution is 2.32. The van der Waals surface area contributed by atoms with Crippen molar-refractivity contribution in [2.45, 2.75) is 24.9 Å². The Morgan fingerprint density at radius 3 is 2.43 bits per heavy atom. The summed E-state index contributed by atoms with van der Waals surface area (Å²) in [6, 6.07) is 29.9. The monoisotopic (exact) mass is 577 g/mol. The minimum absolute atomic E-state index is 0.140. The van der Waals surface area contributed by atoms with Gasteiger partial charge in [-0.2, -0.15) is 0 Å². The molecule has 0 saturated heterocycles. The molecule has 42 heavy (non-hydrogen) atoms. The Balaban J connectivity index is 1.33. The molecule has 1 aliphatic heterocycles. The maximum atomic E-state index is 14.1. The SMILES string of the molecule is Cc1ccc(S(=O)(=O)Nc2ccccc2C(=O)N2CCN(Cc3c[nH]cn3)c3ccc(-c4ccccc4)cc3C2)cc1. The number of carbonyl (C=O) groups is 1. The number of aromatic nitrogens is 2. The number of aryl methyl sites for hydroxylation is 1. The third-order valence-electron chi connectivity index (χ3n) is 7.46. The van der Waals surface area contributed by atoms with Crippen molar-refractivity contribution in [3.05, 3.63) is 132 Å². The van der Waals surface area contributed by atoms with E-state index in [0.717, 1.165) is 33.6 Å². The second-order valence-electron chi connectivity index (χ2n) is 10.4. The number of imidazole rings is 1. The molecule has 0 spiro atoms. The number of hydrogen-bond donors (Lipinski definition) is 2. The number of para-hydroxylation sites is 1. The van der Waals surface area contributed by atoms with Crippen molar-refractivity contribution in [1.29, 1.82) is 0 Å². The zero-order chi connectivity index (χ0) is 29.1. The number of hydrogen-bond acceptors (Lipinski definition) is 5. The second-order valence-corrected chi connectivity index (χ2v) is 12.1. The summed E-state index contributed by atoms with van der Waals surface area (Å²) in [5.41, 5.74) is 6.63. The van der Waals surface area contributed by atoms with E-state index in [1.54, 1.807) is 59.8 Å². The van der Waals surface area contributed by atoms with Crippen LogP contribution in [0.25, 0.3) is 11.1 Å². The average Bonchev–Trinajstić information content (AvgIpc) is 3.45. The molecule has 0 radical (unpaired) electrons. The van der Waals surface area contributed by atoms with Crippen LogP contribution in [0.3, 0.4) is 0 Å². The van der Waals surface area contributed by atoms with Crippen LogP contribution in [0.2, 0.25) is 0 Å². The van der Waals surface area contributed by atoms with Crippen LogP contribution in [-0.4, -0.2) is 42.3 Å². The highest BCUT2D eigenvalue weighted by molar-refractivity contribution is 7.92. The highest BCUT2D eigenvalue weighted by atomic mass is 32.2. The van der Waals surface area contributed by atoms with Crippen LogP contribution in [0.1, 0.15) is 27.2 Å². The van der Waals surface area contributed by atoms with E-state index in [4.69, 9.17) is 0 Å². The molecule has 9 heteroatoms. The first-order chi connectivity index (χ1) is 20.4. The van der Waals surface area contributed by atoms with Gasteiger partial charge in [0.25, 0.3) is 15.9 Å². The van der Waals surface area contributed by atoms with Gasteiger partial charge >= 0.3 is 0 Å². The standard InChI is InChI=1S/C33H31N5O3S/c1-24-11-14-29(15-12-24)42(40,41)36-31-10-6-5-9-30(31)33(39)38-18-17-37(22-28-20-34-23-35-28)32-16-13-26(19-27(32)21-38)25-7-3-2-4-8-25/h2-16,19-20,23,36H,17-18,21-22H2,1H3,(H,34,35). The fourth-order valence-corrected chi connectivity index (χ4v) is 6.32. The predicted octanol–water partition coefficient (Wildman–Crippen LogP) is 5.85. The maximum absolute atomic E-state index is 14.1. The van der Waals surface area contributed by atoms with Crippen LogP contribution in [0.5, 0.6) is 0 Å². The summed E-state index contributed by atoms with van der Waals surface area (Å²) in [6.07, 6.45) is 3.54. The summed E-state index contributed by atoms with van der Waals surface area (Å²) >= 11 is 0. The van der Waals surface area contributed by atoms with Crippen molar-refractivity contribution >= 4 is 27.3 Å². The van der Waals surface area contributed by atoms with E-state index < -0.39 is 10.0 Å². The zero-order valence-corrected chi connectivity index (χ0v) is 24.0. The summed E-state index contributed by atoms with van der Waals surface area (Å²) < 4.78 is 29.0. The minimum Gasteiger partial charge on any atom is -0.364 e. The first-order valence-electron chi connectivity index (χ1n) is 13.8. The fraction of sp³-hybridized carbons (Fsp3) is 0.152. The van der Waals surface area contributed by atoms with E-state index >= 15 is 0 Å². The molecule has 0 unspecified atom stereocenters.